The van der Waals surface area contributed by atoms with Crippen molar-refractivity contribution in [3.05, 3.63) is 29.8 Å². The Morgan fingerprint density at radius 2 is 1.31 bits per heavy atom. The number of carbonyl (C=O) groups excluding carboxylic acids is 1. The molecule has 0 N–H and O–H groups in total. The van der Waals surface area contributed by atoms with Crippen molar-refractivity contribution in [2.45, 2.75) is 78.2 Å². The lowest BCUT2D eigenvalue weighted by molar-refractivity contribution is 0.00189. The summed E-state index contributed by atoms with van der Waals surface area (Å²) >= 11 is 0. The summed E-state index contributed by atoms with van der Waals surface area (Å²) in [4.78, 5) is 13.3. The molecule has 0 saturated carbocycles. The number of aryl methyl sites for hydroxylation is 1. The van der Waals surface area contributed by atoms with Gasteiger partial charge in [0.05, 0.1) is 39.6 Å². The van der Waals surface area contributed by atoms with Gasteiger partial charge in [-0.2, -0.15) is 0 Å². The quantitative estimate of drug-likeness (QED) is 0.210. The van der Waals surface area contributed by atoms with Crippen molar-refractivity contribution in [2.75, 3.05) is 59.8 Å². The highest BCUT2D eigenvalue weighted by molar-refractivity contribution is 5.67. The van der Waals surface area contributed by atoms with E-state index in [1.54, 1.807) is 7.05 Å². The normalized spacial score (nSPS) is 11.5. The molecule has 0 aliphatic carbocycles. The average molecular weight is 496 g/mol. The van der Waals surface area contributed by atoms with Gasteiger partial charge in [0.15, 0.2) is 0 Å². The number of carbonyl (C=O) groups is 1. The monoisotopic (exact) mass is 495 g/mol. The Kier molecular flexibility index (Phi) is 17.3. The van der Waals surface area contributed by atoms with Crippen LogP contribution in [0.25, 0.3) is 0 Å². The third kappa shape index (κ3) is 18.1. The SMILES string of the molecule is CCCCCCCCc1ccc(OCCOCCOCCOCCN(C)C(=O)OC(C)(C)C)cc1. The van der Waals surface area contributed by atoms with Gasteiger partial charge in [0.2, 0.25) is 0 Å². The summed E-state index contributed by atoms with van der Waals surface area (Å²) in [7, 11) is 1.70. The molecule has 0 radical (unpaired) electrons. The van der Waals surface area contributed by atoms with Gasteiger partial charge < -0.3 is 28.6 Å². The highest BCUT2D eigenvalue weighted by Gasteiger charge is 2.19. The van der Waals surface area contributed by atoms with E-state index < -0.39 is 5.60 Å². The molecule has 7 nitrogen and oxygen atoms in total. The van der Waals surface area contributed by atoms with Crippen LogP contribution in [0.15, 0.2) is 24.3 Å². The lowest BCUT2D eigenvalue weighted by atomic mass is 10.0. The fraction of sp³-hybridized carbons (Fsp3) is 0.750. The van der Waals surface area contributed by atoms with Crippen LogP contribution in [0.3, 0.4) is 0 Å². The van der Waals surface area contributed by atoms with Crippen LogP contribution >= 0.6 is 0 Å². The molecule has 0 aromatic heterocycles. The first-order valence-electron chi connectivity index (χ1n) is 13.2. The fourth-order valence-electron chi connectivity index (χ4n) is 3.25. The molecule has 0 saturated heterocycles. The first-order valence-corrected chi connectivity index (χ1v) is 13.2. The maximum absolute atomic E-state index is 11.8. The lowest BCUT2D eigenvalue weighted by Gasteiger charge is -2.24. The summed E-state index contributed by atoms with van der Waals surface area (Å²) in [6, 6.07) is 8.41. The summed E-state index contributed by atoms with van der Waals surface area (Å²) in [6.45, 7) is 11.7. The van der Waals surface area contributed by atoms with Crippen molar-refractivity contribution in [1.29, 1.82) is 0 Å². The Balaban J connectivity index is 1.92. The van der Waals surface area contributed by atoms with Gasteiger partial charge in [0.1, 0.15) is 18.0 Å². The Labute approximate surface area is 213 Å². The molecule has 1 amide bonds. The van der Waals surface area contributed by atoms with E-state index in [2.05, 4.69) is 19.1 Å². The van der Waals surface area contributed by atoms with Crippen molar-refractivity contribution in [3.8, 4) is 5.75 Å². The predicted octanol–water partition coefficient (Wildman–Crippen LogP) is 5.89. The third-order valence-corrected chi connectivity index (χ3v) is 5.26. The highest BCUT2D eigenvalue weighted by Crippen LogP contribution is 2.15. The molecule has 202 valence electrons. The van der Waals surface area contributed by atoms with Gasteiger partial charge in [-0.25, -0.2) is 4.79 Å². The molecule has 0 fully saturated rings. The van der Waals surface area contributed by atoms with E-state index in [1.807, 2.05) is 32.9 Å². The number of amides is 1. The molecular formula is C28H49NO6. The molecule has 1 aromatic rings. The molecule has 0 bridgehead atoms. The topological polar surface area (TPSA) is 66.5 Å². The first kappa shape index (κ1) is 31.2. The van der Waals surface area contributed by atoms with Crippen molar-refractivity contribution in [3.63, 3.8) is 0 Å². The van der Waals surface area contributed by atoms with Crippen LogP contribution in [0.5, 0.6) is 5.75 Å². The number of benzene rings is 1. The van der Waals surface area contributed by atoms with Gasteiger partial charge >= 0.3 is 6.09 Å². The number of hydrogen-bond acceptors (Lipinski definition) is 6. The van der Waals surface area contributed by atoms with E-state index in [-0.39, 0.29) is 6.09 Å². The van der Waals surface area contributed by atoms with E-state index in [0.29, 0.717) is 52.8 Å². The maximum Gasteiger partial charge on any atom is 0.410 e. The lowest BCUT2D eigenvalue weighted by Crippen LogP contribution is -2.36. The number of unbranched alkanes of at least 4 members (excludes halogenated alkanes) is 5. The molecule has 1 aromatic carbocycles. The second kappa shape index (κ2) is 19.4. The zero-order valence-corrected chi connectivity index (χ0v) is 22.8. The fourth-order valence-corrected chi connectivity index (χ4v) is 3.25. The zero-order valence-electron chi connectivity index (χ0n) is 22.8. The van der Waals surface area contributed by atoms with Crippen LogP contribution in [0.2, 0.25) is 0 Å². The summed E-state index contributed by atoms with van der Waals surface area (Å²) in [6.07, 6.45) is 8.75. The molecule has 0 atom stereocenters. The molecule has 0 unspecified atom stereocenters. The molecule has 0 spiro atoms. The van der Waals surface area contributed by atoms with E-state index in [0.717, 1.165) is 12.2 Å². The van der Waals surface area contributed by atoms with Crippen LogP contribution in [0.4, 0.5) is 4.79 Å². The summed E-state index contributed by atoms with van der Waals surface area (Å²) in [5, 5.41) is 0. The Morgan fingerprint density at radius 3 is 1.91 bits per heavy atom. The molecule has 0 heterocycles. The van der Waals surface area contributed by atoms with E-state index in [9.17, 15) is 4.79 Å². The van der Waals surface area contributed by atoms with Crippen molar-refractivity contribution >= 4 is 6.09 Å². The number of rotatable bonds is 20. The standard InChI is InChI=1S/C28H49NO6/c1-6-7-8-9-10-11-12-25-13-15-26(16-14-25)34-24-23-33-22-21-32-20-19-31-18-17-29(5)27(30)35-28(2,3)4/h13-16H,6-12,17-24H2,1-5H3. The second-order valence-corrected chi connectivity index (χ2v) is 9.75. The maximum atomic E-state index is 11.8. The van der Waals surface area contributed by atoms with Crippen LogP contribution in [0.1, 0.15) is 71.8 Å². The molecule has 1 rings (SSSR count). The number of nitrogens with zero attached hydrogens (tertiary/aromatic N) is 1. The minimum absolute atomic E-state index is 0.348. The smallest absolute Gasteiger partial charge is 0.410 e. The Hall–Kier alpha value is -1.83. The minimum atomic E-state index is -0.494. The molecule has 35 heavy (non-hydrogen) atoms. The van der Waals surface area contributed by atoms with E-state index in [1.165, 1.54) is 49.0 Å². The van der Waals surface area contributed by atoms with Crippen LogP contribution in [-0.2, 0) is 25.4 Å². The van der Waals surface area contributed by atoms with E-state index >= 15 is 0 Å². The average Bonchev–Trinajstić information content (AvgIpc) is 2.81. The van der Waals surface area contributed by atoms with Gasteiger partial charge in [-0.3, -0.25) is 0 Å². The van der Waals surface area contributed by atoms with Crippen molar-refractivity contribution < 1.29 is 28.5 Å². The van der Waals surface area contributed by atoms with Gasteiger partial charge in [0, 0.05) is 13.6 Å². The van der Waals surface area contributed by atoms with Gasteiger partial charge in [-0.15, -0.1) is 0 Å². The van der Waals surface area contributed by atoms with Gasteiger partial charge in [-0.05, 0) is 51.3 Å². The summed E-state index contributed by atoms with van der Waals surface area (Å²) in [5.41, 5.74) is 0.882. The molecule has 0 aliphatic rings. The number of ether oxygens (including phenoxy) is 5. The van der Waals surface area contributed by atoms with Crippen LogP contribution < -0.4 is 4.74 Å². The van der Waals surface area contributed by atoms with E-state index in [4.69, 9.17) is 23.7 Å². The number of likely N-dealkylation sites (N-methyl/N-ethyl adjacent to an activating group) is 1. The third-order valence-electron chi connectivity index (χ3n) is 5.26. The minimum Gasteiger partial charge on any atom is -0.491 e. The molecule has 0 aliphatic heterocycles. The summed E-state index contributed by atoms with van der Waals surface area (Å²) in [5.74, 6) is 0.881. The predicted molar refractivity (Wildman–Crippen MR) is 140 cm³/mol. The summed E-state index contributed by atoms with van der Waals surface area (Å²) < 4.78 is 27.6. The molecular weight excluding hydrogens is 446 g/mol. The zero-order chi connectivity index (χ0) is 25.8. The van der Waals surface area contributed by atoms with Gasteiger partial charge in [-0.1, -0.05) is 51.2 Å². The Morgan fingerprint density at radius 1 is 0.771 bits per heavy atom. The Bertz CT molecular complexity index is 644. The number of hydrogen-bond donors (Lipinski definition) is 0. The molecule has 7 heteroatoms. The largest absolute Gasteiger partial charge is 0.491 e. The van der Waals surface area contributed by atoms with Crippen molar-refractivity contribution in [2.24, 2.45) is 0 Å². The van der Waals surface area contributed by atoms with Crippen molar-refractivity contribution in [1.82, 2.24) is 4.90 Å². The van der Waals surface area contributed by atoms with Crippen LogP contribution in [-0.4, -0.2) is 76.4 Å². The van der Waals surface area contributed by atoms with Crippen LogP contribution in [0, 0.1) is 0 Å². The van der Waals surface area contributed by atoms with Gasteiger partial charge in [0.25, 0.3) is 0 Å². The second-order valence-electron chi connectivity index (χ2n) is 9.75. The highest BCUT2D eigenvalue weighted by atomic mass is 16.6. The first-order chi connectivity index (χ1) is 16.8.